The summed E-state index contributed by atoms with van der Waals surface area (Å²) in [5, 5.41) is 20.6. The van der Waals surface area contributed by atoms with Crippen LogP contribution in [0.5, 0.6) is 5.88 Å². The van der Waals surface area contributed by atoms with Crippen LogP contribution >= 0.6 is 0 Å². The number of nitrogens with zero attached hydrogens (tertiary/aromatic N) is 4. The maximum absolute atomic E-state index is 10.9. The zero-order valence-corrected chi connectivity index (χ0v) is 15.0. The van der Waals surface area contributed by atoms with Gasteiger partial charge < -0.3 is 9.84 Å². The number of nitrogens with one attached hydrogen (secondary N) is 1. The van der Waals surface area contributed by atoms with Crippen LogP contribution in [0.15, 0.2) is 34.5 Å². The predicted molar refractivity (Wildman–Crippen MR) is 99.8 cm³/mol. The van der Waals surface area contributed by atoms with Crippen LogP contribution in [0.3, 0.4) is 0 Å². The zero-order valence-electron chi connectivity index (χ0n) is 15.0. The largest absolute Gasteiger partial charge is 0.493 e. The Morgan fingerprint density at radius 3 is 2.81 bits per heavy atom. The van der Waals surface area contributed by atoms with Crippen molar-refractivity contribution in [3.05, 3.63) is 24.3 Å². The first-order valence-electron chi connectivity index (χ1n) is 9.44. The molecule has 2 N–H and O–H groups in total. The maximum atomic E-state index is 10.9. The lowest BCUT2D eigenvalue weighted by molar-refractivity contribution is -0.458. The molecule has 3 heterocycles. The van der Waals surface area contributed by atoms with E-state index in [0.29, 0.717) is 12.4 Å². The number of hydrogen-bond donors (Lipinski definition) is 2. The summed E-state index contributed by atoms with van der Waals surface area (Å²) < 4.78 is 7.34. The molecule has 0 aliphatic carbocycles. The van der Waals surface area contributed by atoms with E-state index in [1.165, 1.54) is 12.8 Å². The summed E-state index contributed by atoms with van der Waals surface area (Å²) in [5.74, 6) is 1.09. The van der Waals surface area contributed by atoms with E-state index in [2.05, 4.69) is 20.1 Å². The minimum atomic E-state index is 0.177. The molecule has 4 rings (SSSR count). The van der Waals surface area contributed by atoms with Crippen molar-refractivity contribution in [3.8, 4) is 5.88 Å². The average molecular weight is 356 g/mol. The van der Waals surface area contributed by atoms with E-state index in [-0.39, 0.29) is 5.88 Å². The van der Waals surface area contributed by atoms with Gasteiger partial charge in [-0.05, 0) is 30.4 Å². The van der Waals surface area contributed by atoms with Crippen molar-refractivity contribution in [1.82, 2.24) is 9.47 Å². The molecule has 0 atom stereocenters. The number of azo groups is 1. The van der Waals surface area contributed by atoms with E-state index in [0.717, 1.165) is 62.4 Å². The van der Waals surface area contributed by atoms with E-state index in [4.69, 9.17) is 4.74 Å². The highest BCUT2D eigenvalue weighted by Crippen LogP contribution is 2.39. The van der Waals surface area contributed by atoms with Gasteiger partial charge in [0.2, 0.25) is 5.88 Å². The van der Waals surface area contributed by atoms with Crippen LogP contribution in [-0.2, 0) is 11.4 Å². The highest BCUT2D eigenvalue weighted by atomic mass is 16.5. The molecule has 7 nitrogen and oxygen atoms in total. The Labute approximate surface area is 153 Å². The summed E-state index contributed by atoms with van der Waals surface area (Å²) in [6, 6.07) is 7.97. The molecule has 1 fully saturated rings. The number of hydrogen-bond acceptors (Lipinski definition) is 5. The molecule has 138 valence electrons. The molecular weight excluding hydrogens is 330 g/mol. The van der Waals surface area contributed by atoms with Crippen molar-refractivity contribution in [1.29, 1.82) is 0 Å². The molecule has 0 unspecified atom stereocenters. The van der Waals surface area contributed by atoms with Crippen LogP contribution < -0.4 is 4.99 Å². The van der Waals surface area contributed by atoms with Crippen molar-refractivity contribution in [3.63, 3.8) is 0 Å². The molecule has 1 aromatic heterocycles. The summed E-state index contributed by atoms with van der Waals surface area (Å²) in [4.78, 5) is 5.61. The van der Waals surface area contributed by atoms with Gasteiger partial charge in [-0.25, -0.2) is 0 Å². The van der Waals surface area contributed by atoms with Crippen molar-refractivity contribution >= 4 is 22.4 Å². The van der Waals surface area contributed by atoms with Gasteiger partial charge in [-0.1, -0.05) is 18.2 Å². The third-order valence-electron chi connectivity index (χ3n) is 5.05. The highest BCUT2D eigenvalue weighted by Gasteiger charge is 2.21. The van der Waals surface area contributed by atoms with Crippen LogP contribution in [0.25, 0.3) is 10.9 Å². The summed E-state index contributed by atoms with van der Waals surface area (Å²) in [6.45, 7) is 4.77. The normalized spacial score (nSPS) is 19.8. The van der Waals surface area contributed by atoms with E-state index in [1.807, 2.05) is 28.8 Å². The zero-order chi connectivity index (χ0) is 17.8. The number of benzene rings is 1. The molecule has 2 aromatic rings. The number of aromatic hydroxyl groups is 1. The molecule has 0 spiro atoms. The van der Waals surface area contributed by atoms with Crippen LogP contribution in [0.1, 0.15) is 25.7 Å². The standard InChI is InChI=1S/C19H25N5O2/c25-19-18(22-21-17-8-2-1-5-9-20-17)15-6-3-4-7-16(15)24(19)14-23-10-12-26-13-11-23/h3-4,6-7,25H,1-2,5,8-14H2/p+1. The average Bonchev–Trinajstić information content (AvgIpc) is 2.85. The Hall–Kier alpha value is -2.25. The smallest absolute Gasteiger partial charge is 0.319 e. The summed E-state index contributed by atoms with van der Waals surface area (Å²) >= 11 is 0. The van der Waals surface area contributed by atoms with Crippen LogP contribution in [0.4, 0.5) is 5.69 Å². The van der Waals surface area contributed by atoms with Gasteiger partial charge in [0.15, 0.2) is 5.69 Å². The second kappa shape index (κ2) is 7.97. The first-order chi connectivity index (χ1) is 12.8. The van der Waals surface area contributed by atoms with Gasteiger partial charge in [0.25, 0.3) is 0 Å². The molecule has 0 saturated carbocycles. The summed E-state index contributed by atoms with van der Waals surface area (Å²) in [7, 11) is 0. The minimum absolute atomic E-state index is 0.177. The van der Waals surface area contributed by atoms with E-state index in [9.17, 15) is 5.11 Å². The molecule has 0 bridgehead atoms. The van der Waals surface area contributed by atoms with Crippen LogP contribution in [0.2, 0.25) is 0 Å². The van der Waals surface area contributed by atoms with Crippen molar-refractivity contribution < 1.29 is 14.8 Å². The second-order valence-corrected chi connectivity index (χ2v) is 6.87. The van der Waals surface area contributed by atoms with Gasteiger partial charge in [0.05, 0.1) is 43.5 Å². The van der Waals surface area contributed by atoms with E-state index >= 15 is 0 Å². The lowest BCUT2D eigenvalue weighted by atomic mass is 10.2. The molecule has 7 heteroatoms. The van der Waals surface area contributed by atoms with E-state index in [1.54, 1.807) is 0 Å². The Morgan fingerprint density at radius 1 is 1.08 bits per heavy atom. The molecular formula is C19H26N5O2+. The highest BCUT2D eigenvalue weighted by molar-refractivity contribution is 5.95. The summed E-state index contributed by atoms with van der Waals surface area (Å²) in [6.07, 6.45) is 4.43. The monoisotopic (exact) mass is 356 g/mol. The maximum Gasteiger partial charge on any atom is 0.319 e. The van der Waals surface area contributed by atoms with Gasteiger partial charge in [-0.15, -0.1) is 0 Å². The number of morpholine rings is 1. The summed E-state index contributed by atoms with van der Waals surface area (Å²) in [5.41, 5.74) is 1.52. The molecule has 2 aliphatic rings. The molecule has 2 aliphatic heterocycles. The number of fused-ring (bicyclic) bond motifs is 1. The Bertz CT molecular complexity index is 821. The third kappa shape index (κ3) is 3.64. The number of rotatable bonds is 3. The lowest BCUT2D eigenvalue weighted by Gasteiger charge is -2.27. The van der Waals surface area contributed by atoms with Crippen LogP contribution in [0, 0.1) is 0 Å². The topological polar surface area (TPSA) is 76.3 Å². The third-order valence-corrected chi connectivity index (χ3v) is 5.05. The molecule has 0 radical (unpaired) electrons. The van der Waals surface area contributed by atoms with Crippen molar-refractivity contribution in [2.75, 3.05) is 32.8 Å². The number of para-hydroxylation sites is 1. The fourth-order valence-corrected chi connectivity index (χ4v) is 3.57. The Balaban J connectivity index is 1.66. The SMILES string of the molecule is Oc1c(N=NC2=[NH+]CCCCC2)c2ccccc2n1CN1CCOCC1. The fraction of sp³-hybridized carbons (Fsp3) is 0.526. The predicted octanol–water partition coefficient (Wildman–Crippen LogP) is 1.77. The number of amidine groups is 1. The van der Waals surface area contributed by atoms with Gasteiger partial charge in [0.1, 0.15) is 0 Å². The Kier molecular flexibility index (Phi) is 5.26. The van der Waals surface area contributed by atoms with Crippen molar-refractivity contribution in [2.45, 2.75) is 32.4 Å². The first-order valence-corrected chi connectivity index (χ1v) is 9.44. The second-order valence-electron chi connectivity index (χ2n) is 6.87. The van der Waals surface area contributed by atoms with Crippen LogP contribution in [-0.4, -0.2) is 53.3 Å². The van der Waals surface area contributed by atoms with E-state index < -0.39 is 0 Å². The number of ether oxygens (including phenoxy) is 1. The minimum Gasteiger partial charge on any atom is -0.493 e. The molecule has 0 amide bonds. The lowest BCUT2D eigenvalue weighted by Crippen LogP contribution is -2.72. The molecule has 1 aromatic carbocycles. The Morgan fingerprint density at radius 2 is 1.92 bits per heavy atom. The van der Waals surface area contributed by atoms with Gasteiger partial charge in [-0.3, -0.25) is 14.5 Å². The number of aromatic nitrogens is 1. The van der Waals surface area contributed by atoms with Gasteiger partial charge >= 0.3 is 5.84 Å². The van der Waals surface area contributed by atoms with Crippen molar-refractivity contribution in [2.24, 2.45) is 10.2 Å². The van der Waals surface area contributed by atoms with Gasteiger partial charge in [-0.2, -0.15) is 0 Å². The molecule has 1 saturated heterocycles. The van der Waals surface area contributed by atoms with Gasteiger partial charge in [0, 0.05) is 18.5 Å². The fourth-order valence-electron chi connectivity index (χ4n) is 3.57. The quantitative estimate of drug-likeness (QED) is 0.823. The first kappa shape index (κ1) is 17.2. The molecule has 26 heavy (non-hydrogen) atoms.